The molecular weight excluding hydrogens is 304 g/mol. The van der Waals surface area contributed by atoms with Crippen LogP contribution in [0.5, 0.6) is 0 Å². The van der Waals surface area contributed by atoms with Crippen LogP contribution < -0.4 is 10.5 Å². The van der Waals surface area contributed by atoms with Gasteiger partial charge in [-0.3, -0.25) is 4.79 Å². The van der Waals surface area contributed by atoms with Crippen molar-refractivity contribution in [1.82, 2.24) is 9.88 Å². The molecule has 0 aliphatic heterocycles. The number of hydrogen-bond acceptors (Lipinski definition) is 3. The van der Waals surface area contributed by atoms with Crippen molar-refractivity contribution in [3.63, 3.8) is 0 Å². The van der Waals surface area contributed by atoms with E-state index in [4.69, 9.17) is 5.14 Å². The Morgan fingerprint density at radius 2 is 2.00 bits per heavy atom. The molecule has 0 aliphatic rings. The maximum absolute atomic E-state index is 12.5. The van der Waals surface area contributed by atoms with Gasteiger partial charge in [0.2, 0.25) is 10.0 Å². The van der Waals surface area contributed by atoms with Gasteiger partial charge in [-0.15, -0.1) is 0 Å². The third-order valence-corrected chi connectivity index (χ3v) is 3.43. The Balaban J connectivity index is 3.08. The summed E-state index contributed by atoms with van der Waals surface area (Å²) in [5, 5.41) is 7.53. The van der Waals surface area contributed by atoms with Crippen molar-refractivity contribution in [2.24, 2.45) is 10.6 Å². The van der Waals surface area contributed by atoms with Crippen molar-refractivity contribution >= 4 is 15.9 Å². The molecule has 0 spiro atoms. The maximum Gasteiger partial charge on any atom is 0.267 e. The number of halogens is 2. The molecule has 21 heavy (non-hydrogen) atoms. The van der Waals surface area contributed by atoms with Crippen LogP contribution in [0.2, 0.25) is 0 Å². The van der Waals surface area contributed by atoms with Gasteiger partial charge in [0.05, 0.1) is 6.54 Å². The number of primary sulfonamides is 1. The molecule has 0 fully saturated rings. The number of alkyl halides is 2. The van der Waals surface area contributed by atoms with E-state index in [0.29, 0.717) is 6.54 Å². The third-order valence-electron chi connectivity index (χ3n) is 2.55. The van der Waals surface area contributed by atoms with Gasteiger partial charge in [-0.1, -0.05) is 20.8 Å². The zero-order valence-corrected chi connectivity index (χ0v) is 12.9. The van der Waals surface area contributed by atoms with Gasteiger partial charge in [0.15, 0.2) is 0 Å². The SMILES string of the molecule is CC(C)(C)CNC(=O)c1cc(S(N)(=O)=O)cn1CC(F)F. The van der Waals surface area contributed by atoms with E-state index in [0.717, 1.165) is 16.8 Å². The second kappa shape index (κ2) is 6.10. The van der Waals surface area contributed by atoms with Gasteiger partial charge in [0, 0.05) is 12.7 Å². The summed E-state index contributed by atoms with van der Waals surface area (Å²) in [7, 11) is -4.06. The highest BCUT2D eigenvalue weighted by atomic mass is 32.2. The Labute approximate surface area is 122 Å². The molecule has 1 amide bonds. The van der Waals surface area contributed by atoms with Crippen molar-refractivity contribution < 1.29 is 22.0 Å². The Morgan fingerprint density at radius 1 is 1.43 bits per heavy atom. The number of aromatic nitrogens is 1. The van der Waals surface area contributed by atoms with E-state index < -0.39 is 28.9 Å². The zero-order chi connectivity index (χ0) is 16.4. The third kappa shape index (κ3) is 5.43. The number of hydrogen-bond donors (Lipinski definition) is 2. The fourth-order valence-electron chi connectivity index (χ4n) is 1.57. The van der Waals surface area contributed by atoms with Crippen LogP contribution in [-0.4, -0.2) is 31.9 Å². The predicted molar refractivity (Wildman–Crippen MR) is 73.6 cm³/mol. The van der Waals surface area contributed by atoms with Crippen LogP contribution in [0.15, 0.2) is 17.2 Å². The van der Waals surface area contributed by atoms with Crippen molar-refractivity contribution in [2.45, 2.75) is 38.6 Å². The normalized spacial score (nSPS) is 12.7. The first-order chi connectivity index (χ1) is 9.40. The van der Waals surface area contributed by atoms with Crippen LogP contribution in [0.1, 0.15) is 31.3 Å². The molecule has 0 aliphatic carbocycles. The molecule has 0 saturated heterocycles. The number of nitrogens with one attached hydrogen (secondary N) is 1. The minimum absolute atomic E-state index is 0.163. The molecule has 1 aromatic heterocycles. The van der Waals surface area contributed by atoms with Crippen LogP contribution in [0.3, 0.4) is 0 Å². The van der Waals surface area contributed by atoms with E-state index in [-0.39, 0.29) is 16.0 Å². The van der Waals surface area contributed by atoms with Crippen molar-refractivity contribution in [3.8, 4) is 0 Å². The zero-order valence-electron chi connectivity index (χ0n) is 12.1. The molecule has 0 radical (unpaired) electrons. The van der Waals surface area contributed by atoms with E-state index in [9.17, 15) is 22.0 Å². The van der Waals surface area contributed by atoms with Gasteiger partial charge in [0.25, 0.3) is 12.3 Å². The van der Waals surface area contributed by atoms with Gasteiger partial charge < -0.3 is 9.88 Å². The average Bonchev–Trinajstić information content (AvgIpc) is 2.67. The molecule has 3 N–H and O–H groups in total. The monoisotopic (exact) mass is 323 g/mol. The van der Waals surface area contributed by atoms with E-state index >= 15 is 0 Å². The van der Waals surface area contributed by atoms with Crippen LogP contribution in [0.25, 0.3) is 0 Å². The summed E-state index contributed by atoms with van der Waals surface area (Å²) < 4.78 is 48.5. The van der Waals surface area contributed by atoms with Crippen molar-refractivity contribution in [1.29, 1.82) is 0 Å². The van der Waals surface area contributed by atoms with E-state index in [1.807, 2.05) is 20.8 Å². The molecule has 0 unspecified atom stereocenters. The molecule has 1 heterocycles. The van der Waals surface area contributed by atoms with Crippen molar-refractivity contribution in [2.75, 3.05) is 6.54 Å². The maximum atomic E-state index is 12.5. The van der Waals surface area contributed by atoms with Gasteiger partial charge in [0.1, 0.15) is 10.6 Å². The summed E-state index contributed by atoms with van der Waals surface area (Å²) in [6.07, 6.45) is -1.78. The van der Waals surface area contributed by atoms with Crippen LogP contribution in [0, 0.1) is 5.41 Å². The standard InChI is InChI=1S/C12H19F2N3O3S/c1-12(2,3)7-16-11(18)9-4-8(21(15,19)20)5-17(9)6-10(13)14/h4-5,10H,6-7H2,1-3H3,(H,16,18)(H2,15,19,20). The summed E-state index contributed by atoms with van der Waals surface area (Å²) >= 11 is 0. The van der Waals surface area contributed by atoms with Crippen LogP contribution in [0.4, 0.5) is 8.78 Å². The largest absolute Gasteiger partial charge is 0.350 e. The smallest absolute Gasteiger partial charge is 0.267 e. The number of amides is 1. The number of carbonyl (C=O) groups is 1. The second-order valence-corrected chi connectivity index (χ2v) is 7.45. The van der Waals surface area contributed by atoms with Gasteiger partial charge >= 0.3 is 0 Å². The number of carbonyl (C=O) groups excluding carboxylic acids is 1. The molecule has 0 saturated carbocycles. The summed E-state index contributed by atoms with van der Waals surface area (Å²) in [4.78, 5) is 11.7. The van der Waals surface area contributed by atoms with Gasteiger partial charge in [-0.05, 0) is 11.5 Å². The highest BCUT2D eigenvalue weighted by Gasteiger charge is 2.21. The summed E-state index contributed by atoms with van der Waals surface area (Å²) in [5.74, 6) is -0.625. The van der Waals surface area contributed by atoms with Crippen LogP contribution in [-0.2, 0) is 16.6 Å². The lowest BCUT2D eigenvalue weighted by Crippen LogP contribution is -2.33. The molecule has 6 nitrogen and oxygen atoms in total. The minimum Gasteiger partial charge on any atom is -0.350 e. The molecule has 9 heteroatoms. The quantitative estimate of drug-likeness (QED) is 0.852. The molecule has 1 aromatic rings. The Bertz CT molecular complexity index is 618. The highest BCUT2D eigenvalue weighted by molar-refractivity contribution is 7.89. The molecule has 0 bridgehead atoms. The van der Waals surface area contributed by atoms with Crippen LogP contribution >= 0.6 is 0 Å². The Hall–Kier alpha value is -1.48. The fourth-order valence-corrected chi connectivity index (χ4v) is 2.12. The topological polar surface area (TPSA) is 94.2 Å². The molecule has 0 atom stereocenters. The first-order valence-corrected chi connectivity index (χ1v) is 7.74. The van der Waals surface area contributed by atoms with E-state index in [1.54, 1.807) is 0 Å². The lowest BCUT2D eigenvalue weighted by atomic mass is 9.97. The Kier molecular flexibility index (Phi) is 5.11. The summed E-state index contributed by atoms with van der Waals surface area (Å²) in [5.41, 5.74) is -0.359. The summed E-state index contributed by atoms with van der Waals surface area (Å²) in [6.45, 7) is 5.20. The number of sulfonamides is 1. The fraction of sp³-hybridized carbons (Fsp3) is 0.583. The molecular formula is C12H19F2N3O3S. The molecule has 0 aromatic carbocycles. The average molecular weight is 323 g/mol. The first-order valence-electron chi connectivity index (χ1n) is 6.19. The number of nitrogens with two attached hydrogens (primary N) is 1. The number of rotatable bonds is 5. The Morgan fingerprint density at radius 3 is 2.43 bits per heavy atom. The predicted octanol–water partition coefficient (Wildman–Crippen LogP) is 1.18. The molecule has 120 valence electrons. The van der Waals surface area contributed by atoms with Gasteiger partial charge in [-0.2, -0.15) is 0 Å². The minimum atomic E-state index is -4.06. The van der Waals surface area contributed by atoms with E-state index in [1.165, 1.54) is 0 Å². The summed E-state index contributed by atoms with van der Waals surface area (Å²) in [6, 6.07) is 0.996. The molecule has 1 rings (SSSR count). The second-order valence-electron chi connectivity index (χ2n) is 5.89. The lowest BCUT2D eigenvalue weighted by Gasteiger charge is -2.19. The highest BCUT2D eigenvalue weighted by Crippen LogP contribution is 2.16. The number of nitrogens with zero attached hydrogens (tertiary/aromatic N) is 1. The van der Waals surface area contributed by atoms with E-state index in [2.05, 4.69) is 5.32 Å². The lowest BCUT2D eigenvalue weighted by molar-refractivity contribution is 0.0916. The van der Waals surface area contributed by atoms with Gasteiger partial charge in [-0.25, -0.2) is 22.3 Å². The first kappa shape index (κ1) is 17.6. The van der Waals surface area contributed by atoms with Crippen molar-refractivity contribution in [3.05, 3.63) is 18.0 Å².